The first-order valence-electron chi connectivity index (χ1n) is 5.78. The second kappa shape index (κ2) is 5.04. The third kappa shape index (κ3) is 2.42. The van der Waals surface area contributed by atoms with Gasteiger partial charge in [0.05, 0.1) is 11.4 Å². The molecule has 0 unspecified atom stereocenters. The minimum Gasteiger partial charge on any atom is -0.323 e. The SMILES string of the molecule is C=CCn1cc(C)nc1Nc1c(C)cccc1F. The summed E-state index contributed by atoms with van der Waals surface area (Å²) in [5.74, 6) is 0.349. The van der Waals surface area contributed by atoms with Crippen LogP contribution in [0.3, 0.4) is 0 Å². The fourth-order valence-electron chi connectivity index (χ4n) is 1.83. The summed E-state index contributed by atoms with van der Waals surface area (Å²) in [6.07, 6.45) is 3.68. The van der Waals surface area contributed by atoms with E-state index in [-0.39, 0.29) is 5.82 Å². The van der Waals surface area contributed by atoms with Crippen molar-refractivity contribution in [1.82, 2.24) is 9.55 Å². The Labute approximate surface area is 106 Å². The predicted octanol–water partition coefficient (Wildman–Crippen LogP) is 3.57. The highest BCUT2D eigenvalue weighted by atomic mass is 19.1. The Morgan fingerprint density at radius 2 is 2.22 bits per heavy atom. The maximum Gasteiger partial charge on any atom is 0.207 e. The summed E-state index contributed by atoms with van der Waals surface area (Å²) in [4.78, 5) is 4.34. The number of halogens is 1. The van der Waals surface area contributed by atoms with Gasteiger partial charge in [-0.25, -0.2) is 9.37 Å². The molecule has 1 aromatic carbocycles. The molecule has 4 heteroatoms. The number of imidazole rings is 1. The van der Waals surface area contributed by atoms with Crippen LogP contribution in [-0.2, 0) is 6.54 Å². The monoisotopic (exact) mass is 245 g/mol. The van der Waals surface area contributed by atoms with Crippen molar-refractivity contribution in [1.29, 1.82) is 0 Å². The Kier molecular flexibility index (Phi) is 3.46. The molecule has 0 spiro atoms. The number of anilines is 2. The molecule has 0 bridgehead atoms. The van der Waals surface area contributed by atoms with Crippen molar-refractivity contribution in [3.63, 3.8) is 0 Å². The lowest BCUT2D eigenvalue weighted by molar-refractivity contribution is 0.630. The predicted molar refractivity (Wildman–Crippen MR) is 71.6 cm³/mol. The largest absolute Gasteiger partial charge is 0.323 e. The summed E-state index contributed by atoms with van der Waals surface area (Å²) < 4.78 is 15.6. The highest BCUT2D eigenvalue weighted by molar-refractivity contribution is 5.59. The first-order chi connectivity index (χ1) is 8.61. The van der Waals surface area contributed by atoms with Gasteiger partial charge in [0.2, 0.25) is 5.95 Å². The molecule has 1 N–H and O–H groups in total. The van der Waals surface area contributed by atoms with Crippen molar-refractivity contribution in [2.75, 3.05) is 5.32 Å². The molecule has 0 aliphatic heterocycles. The van der Waals surface area contributed by atoms with Gasteiger partial charge in [-0.2, -0.15) is 0 Å². The Morgan fingerprint density at radius 1 is 1.44 bits per heavy atom. The highest BCUT2D eigenvalue weighted by Gasteiger charge is 2.09. The van der Waals surface area contributed by atoms with Crippen molar-refractivity contribution < 1.29 is 4.39 Å². The van der Waals surface area contributed by atoms with Gasteiger partial charge in [0.15, 0.2) is 0 Å². The summed E-state index contributed by atoms with van der Waals surface area (Å²) in [6, 6.07) is 4.99. The van der Waals surface area contributed by atoms with Crippen LogP contribution in [0.25, 0.3) is 0 Å². The van der Waals surface area contributed by atoms with Gasteiger partial charge in [0, 0.05) is 12.7 Å². The van der Waals surface area contributed by atoms with E-state index in [9.17, 15) is 4.39 Å². The maximum atomic E-state index is 13.7. The van der Waals surface area contributed by atoms with Crippen LogP contribution in [0.15, 0.2) is 37.1 Å². The van der Waals surface area contributed by atoms with E-state index < -0.39 is 0 Å². The van der Waals surface area contributed by atoms with Crippen molar-refractivity contribution in [3.8, 4) is 0 Å². The molecule has 0 atom stereocenters. The van der Waals surface area contributed by atoms with Gasteiger partial charge in [0.25, 0.3) is 0 Å². The van der Waals surface area contributed by atoms with Gasteiger partial charge in [-0.3, -0.25) is 0 Å². The number of nitrogens with one attached hydrogen (secondary N) is 1. The van der Waals surface area contributed by atoms with Crippen LogP contribution in [0.1, 0.15) is 11.3 Å². The van der Waals surface area contributed by atoms with E-state index in [1.807, 2.05) is 30.7 Å². The summed E-state index contributed by atoms with van der Waals surface area (Å²) in [6.45, 7) is 8.10. The van der Waals surface area contributed by atoms with E-state index in [1.165, 1.54) is 6.07 Å². The number of nitrogens with zero attached hydrogens (tertiary/aromatic N) is 2. The van der Waals surface area contributed by atoms with Gasteiger partial charge in [0.1, 0.15) is 5.82 Å². The fraction of sp³-hybridized carbons (Fsp3) is 0.214. The number of allylic oxidation sites excluding steroid dienone is 1. The number of aryl methyl sites for hydroxylation is 2. The standard InChI is InChI=1S/C14H16FN3/c1-4-8-18-9-11(3)16-14(18)17-13-10(2)6-5-7-12(13)15/h4-7,9H,1,8H2,2-3H3,(H,16,17). The Morgan fingerprint density at radius 3 is 2.89 bits per heavy atom. The van der Waals surface area contributed by atoms with Gasteiger partial charge in [-0.05, 0) is 25.5 Å². The van der Waals surface area contributed by atoms with E-state index in [0.717, 1.165) is 11.3 Å². The van der Waals surface area contributed by atoms with Gasteiger partial charge >= 0.3 is 0 Å². The van der Waals surface area contributed by atoms with Crippen molar-refractivity contribution in [2.45, 2.75) is 20.4 Å². The average molecular weight is 245 g/mol. The van der Waals surface area contributed by atoms with Crippen LogP contribution in [-0.4, -0.2) is 9.55 Å². The van der Waals surface area contributed by atoms with E-state index in [1.54, 1.807) is 12.1 Å². The second-order valence-electron chi connectivity index (χ2n) is 4.20. The van der Waals surface area contributed by atoms with E-state index >= 15 is 0 Å². The number of benzene rings is 1. The second-order valence-corrected chi connectivity index (χ2v) is 4.20. The van der Waals surface area contributed by atoms with Gasteiger partial charge < -0.3 is 9.88 Å². The summed E-state index contributed by atoms with van der Waals surface area (Å²) >= 11 is 0. The number of hydrogen-bond acceptors (Lipinski definition) is 2. The summed E-state index contributed by atoms with van der Waals surface area (Å²) in [7, 11) is 0. The van der Waals surface area contributed by atoms with Crippen LogP contribution < -0.4 is 5.32 Å². The highest BCUT2D eigenvalue weighted by Crippen LogP contribution is 2.23. The molecule has 0 saturated carbocycles. The molecule has 2 rings (SSSR count). The maximum absolute atomic E-state index is 13.7. The number of hydrogen-bond donors (Lipinski definition) is 1. The summed E-state index contributed by atoms with van der Waals surface area (Å²) in [5, 5.41) is 3.04. The molecule has 0 aliphatic carbocycles. The van der Waals surface area contributed by atoms with Crippen molar-refractivity contribution in [2.24, 2.45) is 0 Å². The summed E-state index contributed by atoms with van der Waals surface area (Å²) in [5.41, 5.74) is 2.20. The average Bonchev–Trinajstić information content (AvgIpc) is 2.65. The van der Waals surface area contributed by atoms with Crippen LogP contribution in [0.5, 0.6) is 0 Å². The van der Waals surface area contributed by atoms with E-state index in [2.05, 4.69) is 16.9 Å². The zero-order chi connectivity index (χ0) is 13.1. The molecule has 94 valence electrons. The van der Waals surface area contributed by atoms with Crippen LogP contribution in [0.4, 0.5) is 16.0 Å². The topological polar surface area (TPSA) is 29.9 Å². The number of para-hydroxylation sites is 1. The molecule has 1 heterocycles. The zero-order valence-corrected chi connectivity index (χ0v) is 10.6. The van der Waals surface area contributed by atoms with Crippen LogP contribution in [0.2, 0.25) is 0 Å². The lowest BCUT2D eigenvalue weighted by Gasteiger charge is -2.11. The van der Waals surface area contributed by atoms with Crippen molar-refractivity contribution in [3.05, 3.63) is 54.1 Å². The van der Waals surface area contributed by atoms with Crippen molar-refractivity contribution >= 4 is 11.6 Å². The molecule has 1 aromatic heterocycles. The van der Waals surface area contributed by atoms with E-state index in [0.29, 0.717) is 18.2 Å². The Hall–Kier alpha value is -2.10. The lowest BCUT2D eigenvalue weighted by Crippen LogP contribution is -2.04. The molecule has 3 nitrogen and oxygen atoms in total. The first kappa shape index (κ1) is 12.4. The third-order valence-electron chi connectivity index (χ3n) is 2.68. The molecule has 2 aromatic rings. The smallest absolute Gasteiger partial charge is 0.207 e. The van der Waals surface area contributed by atoms with Gasteiger partial charge in [-0.15, -0.1) is 6.58 Å². The zero-order valence-electron chi connectivity index (χ0n) is 10.6. The number of rotatable bonds is 4. The Bertz CT molecular complexity index is 552. The minimum atomic E-state index is -0.277. The molecule has 0 radical (unpaired) electrons. The molecule has 0 amide bonds. The normalized spacial score (nSPS) is 10.4. The molecule has 0 saturated heterocycles. The quantitative estimate of drug-likeness (QED) is 0.834. The lowest BCUT2D eigenvalue weighted by atomic mass is 10.2. The number of aromatic nitrogens is 2. The Balaban J connectivity index is 2.36. The van der Waals surface area contributed by atoms with Crippen LogP contribution in [0, 0.1) is 19.7 Å². The molecule has 0 aliphatic rings. The van der Waals surface area contributed by atoms with E-state index in [4.69, 9.17) is 0 Å². The van der Waals surface area contributed by atoms with Crippen LogP contribution >= 0.6 is 0 Å². The minimum absolute atomic E-state index is 0.277. The van der Waals surface area contributed by atoms with Gasteiger partial charge in [-0.1, -0.05) is 18.2 Å². The molecule has 18 heavy (non-hydrogen) atoms. The molecular weight excluding hydrogens is 229 g/mol. The molecule has 0 fully saturated rings. The molecular formula is C14H16FN3. The fourth-order valence-corrected chi connectivity index (χ4v) is 1.83. The third-order valence-corrected chi connectivity index (χ3v) is 2.68. The first-order valence-corrected chi connectivity index (χ1v) is 5.78.